The van der Waals surface area contributed by atoms with Crippen LogP contribution in [0.15, 0.2) is 28.3 Å². The fraction of sp³-hybridized carbons (Fsp3) is 0.630. The summed E-state index contributed by atoms with van der Waals surface area (Å²) in [6.07, 6.45) is 5.93. The lowest BCUT2D eigenvalue weighted by Crippen LogP contribution is -2.37. The van der Waals surface area contributed by atoms with Gasteiger partial charge in [0.1, 0.15) is 0 Å². The third-order valence-electron chi connectivity index (χ3n) is 6.71. The predicted molar refractivity (Wildman–Crippen MR) is 140 cm³/mol. The van der Waals surface area contributed by atoms with Crippen molar-refractivity contribution in [2.45, 2.75) is 85.9 Å². The van der Waals surface area contributed by atoms with Crippen molar-refractivity contribution in [3.63, 3.8) is 0 Å². The molecule has 2 aromatic rings. The molecule has 1 N–H and O–H groups in total. The number of piperidine rings is 1. The number of aryl methyl sites for hydroxylation is 1. The molecule has 6 nitrogen and oxygen atoms in total. The van der Waals surface area contributed by atoms with E-state index in [1.54, 1.807) is 0 Å². The largest absolute Gasteiger partial charge is 0.465 e. The third kappa shape index (κ3) is 6.51. The number of nitrogens with zero attached hydrogens (tertiary/aromatic N) is 2. The maximum atomic E-state index is 11.2. The molecule has 1 amide bonds. The molecule has 3 rings (SSSR count). The van der Waals surface area contributed by atoms with Gasteiger partial charge in [-0.2, -0.15) is 0 Å². The average molecular weight is 487 g/mol. The lowest BCUT2D eigenvalue weighted by atomic mass is 9.81. The number of rotatable bonds is 8. The number of benzene rings is 1. The summed E-state index contributed by atoms with van der Waals surface area (Å²) in [4.78, 5) is 12.7. The zero-order chi connectivity index (χ0) is 25.0. The summed E-state index contributed by atoms with van der Waals surface area (Å²) < 4.78 is 12.7. The highest BCUT2D eigenvalue weighted by Gasteiger charge is 2.33. The number of amides is 1. The Morgan fingerprint density at radius 3 is 2.53 bits per heavy atom. The SMILES string of the molecule is CC(C)=CCc1ccc2c(CCC3CCN(C(=O)O)CC3)noc2c1C(O[SiH](C)C)C(C)(C)C. The minimum absolute atomic E-state index is 0.0513. The number of fused-ring (bicyclic) bond motifs is 1. The van der Waals surface area contributed by atoms with Crippen LogP contribution in [0.1, 0.15) is 76.8 Å². The molecule has 7 heteroatoms. The quantitative estimate of drug-likeness (QED) is 0.330. The van der Waals surface area contributed by atoms with E-state index in [0.717, 1.165) is 54.3 Å². The van der Waals surface area contributed by atoms with Gasteiger partial charge in [-0.15, -0.1) is 0 Å². The van der Waals surface area contributed by atoms with Crippen LogP contribution >= 0.6 is 0 Å². The molecule has 1 unspecified atom stereocenters. The number of carboxylic acid groups (broad SMARTS) is 1. The van der Waals surface area contributed by atoms with Gasteiger partial charge in [0, 0.05) is 24.0 Å². The Morgan fingerprint density at radius 1 is 1.29 bits per heavy atom. The fourth-order valence-corrected chi connectivity index (χ4v) is 5.90. The molecule has 1 aromatic carbocycles. The van der Waals surface area contributed by atoms with Crippen molar-refractivity contribution in [1.29, 1.82) is 0 Å². The fourth-order valence-electron chi connectivity index (χ4n) is 4.81. The first-order chi connectivity index (χ1) is 16.0. The molecule has 1 fully saturated rings. The number of hydrogen-bond acceptors (Lipinski definition) is 4. The van der Waals surface area contributed by atoms with Gasteiger partial charge in [-0.1, -0.05) is 43.6 Å². The van der Waals surface area contributed by atoms with Gasteiger partial charge in [0.15, 0.2) is 14.6 Å². The molecule has 1 atom stereocenters. The average Bonchev–Trinajstić information content (AvgIpc) is 3.17. The smallest absolute Gasteiger partial charge is 0.407 e. The normalized spacial score (nSPS) is 16.3. The van der Waals surface area contributed by atoms with Crippen LogP contribution in [-0.4, -0.2) is 43.4 Å². The second-order valence-electron chi connectivity index (χ2n) is 11.3. The van der Waals surface area contributed by atoms with Gasteiger partial charge in [0.2, 0.25) is 0 Å². The van der Waals surface area contributed by atoms with Gasteiger partial charge in [0.25, 0.3) is 0 Å². The summed E-state index contributed by atoms with van der Waals surface area (Å²) >= 11 is 0. The molecule has 1 aromatic heterocycles. The summed E-state index contributed by atoms with van der Waals surface area (Å²) in [5, 5.41) is 14.8. The van der Waals surface area contributed by atoms with Gasteiger partial charge in [-0.3, -0.25) is 0 Å². The van der Waals surface area contributed by atoms with Crippen molar-refractivity contribution in [1.82, 2.24) is 10.1 Å². The molecule has 0 bridgehead atoms. The Kier molecular flexibility index (Phi) is 8.63. The van der Waals surface area contributed by atoms with Gasteiger partial charge in [-0.05, 0) is 82.0 Å². The van der Waals surface area contributed by atoms with Crippen LogP contribution in [0.3, 0.4) is 0 Å². The van der Waals surface area contributed by atoms with E-state index >= 15 is 0 Å². The van der Waals surface area contributed by atoms with Crippen LogP contribution in [0.5, 0.6) is 0 Å². The first kappa shape index (κ1) is 26.5. The van der Waals surface area contributed by atoms with E-state index in [1.165, 1.54) is 16.0 Å². The van der Waals surface area contributed by atoms with E-state index in [0.29, 0.717) is 19.0 Å². The number of hydrogen-bond donors (Lipinski definition) is 1. The Morgan fingerprint density at radius 2 is 1.97 bits per heavy atom. The number of likely N-dealkylation sites (tertiary alicyclic amines) is 1. The van der Waals surface area contributed by atoms with Crippen molar-refractivity contribution in [2.24, 2.45) is 11.3 Å². The molecule has 0 radical (unpaired) electrons. The Balaban J connectivity index is 1.91. The molecule has 34 heavy (non-hydrogen) atoms. The lowest BCUT2D eigenvalue weighted by molar-refractivity contribution is 0.0860. The van der Waals surface area contributed by atoms with Crippen molar-refractivity contribution in [3.05, 3.63) is 40.6 Å². The van der Waals surface area contributed by atoms with Crippen LogP contribution in [0, 0.1) is 11.3 Å². The zero-order valence-electron chi connectivity index (χ0n) is 22.0. The first-order valence-corrected chi connectivity index (χ1v) is 15.4. The molecule has 1 aliphatic heterocycles. The Labute approximate surface area is 206 Å². The second-order valence-corrected chi connectivity index (χ2v) is 13.7. The van der Waals surface area contributed by atoms with Crippen molar-refractivity contribution < 1.29 is 18.9 Å². The Hall–Kier alpha value is -2.12. The molecular formula is C27H42N2O4Si. The Bertz CT molecular complexity index is 1010. The minimum atomic E-state index is -1.30. The topological polar surface area (TPSA) is 75.8 Å². The summed E-state index contributed by atoms with van der Waals surface area (Å²) in [6, 6.07) is 4.39. The highest BCUT2D eigenvalue weighted by molar-refractivity contribution is 6.48. The summed E-state index contributed by atoms with van der Waals surface area (Å²) in [5.41, 5.74) is 5.48. The summed E-state index contributed by atoms with van der Waals surface area (Å²) in [7, 11) is -1.30. The maximum Gasteiger partial charge on any atom is 0.407 e. The monoisotopic (exact) mass is 486 g/mol. The van der Waals surface area contributed by atoms with E-state index in [9.17, 15) is 9.90 Å². The van der Waals surface area contributed by atoms with E-state index in [4.69, 9.17) is 8.95 Å². The van der Waals surface area contributed by atoms with Crippen LogP contribution in [0.2, 0.25) is 13.1 Å². The number of aromatic nitrogens is 1. The third-order valence-corrected chi connectivity index (χ3v) is 7.52. The van der Waals surface area contributed by atoms with E-state index in [2.05, 4.69) is 71.1 Å². The van der Waals surface area contributed by atoms with E-state index in [-0.39, 0.29) is 11.5 Å². The van der Waals surface area contributed by atoms with Crippen LogP contribution in [0.25, 0.3) is 11.0 Å². The standard InChI is InChI=1S/C27H42N2O4Si/c1-18(2)8-10-20-11-12-21-22(13-9-19-14-16-29(17-15-19)26(30)31)28-32-24(21)23(20)25(27(3,4)5)33-34(6)7/h8,11-12,19,25,34H,9-10,13-17H2,1-7H3,(H,30,31). The second kappa shape index (κ2) is 11.1. The highest BCUT2D eigenvalue weighted by Crippen LogP contribution is 2.42. The number of carbonyl (C=O) groups is 1. The molecule has 0 aliphatic carbocycles. The van der Waals surface area contributed by atoms with Crippen LogP contribution in [-0.2, 0) is 17.3 Å². The first-order valence-electron chi connectivity index (χ1n) is 12.6. The molecule has 0 saturated carbocycles. The molecule has 1 aliphatic rings. The molecule has 2 heterocycles. The van der Waals surface area contributed by atoms with Gasteiger partial charge in [0.05, 0.1) is 11.8 Å². The molecule has 188 valence electrons. The van der Waals surface area contributed by atoms with Crippen LogP contribution in [0.4, 0.5) is 4.79 Å². The predicted octanol–water partition coefficient (Wildman–Crippen LogP) is 6.75. The highest BCUT2D eigenvalue weighted by atomic mass is 28.3. The van der Waals surface area contributed by atoms with Crippen molar-refractivity contribution >= 4 is 26.1 Å². The van der Waals surface area contributed by atoms with Gasteiger partial charge < -0.3 is 19.0 Å². The van der Waals surface area contributed by atoms with E-state index < -0.39 is 15.1 Å². The van der Waals surface area contributed by atoms with Crippen molar-refractivity contribution in [3.8, 4) is 0 Å². The lowest BCUT2D eigenvalue weighted by Gasteiger charge is -2.34. The van der Waals surface area contributed by atoms with Crippen LogP contribution < -0.4 is 0 Å². The molecule has 1 saturated heterocycles. The molecular weight excluding hydrogens is 444 g/mol. The van der Waals surface area contributed by atoms with E-state index in [1.807, 2.05) is 0 Å². The maximum absolute atomic E-state index is 11.2. The van der Waals surface area contributed by atoms with Gasteiger partial charge in [-0.25, -0.2) is 4.79 Å². The molecule has 0 spiro atoms. The number of allylic oxidation sites excluding steroid dienone is 2. The zero-order valence-corrected chi connectivity index (χ0v) is 23.1. The van der Waals surface area contributed by atoms with Crippen molar-refractivity contribution in [2.75, 3.05) is 13.1 Å². The summed E-state index contributed by atoms with van der Waals surface area (Å²) in [5.74, 6) is 0.524. The van der Waals surface area contributed by atoms with Gasteiger partial charge >= 0.3 is 6.09 Å². The minimum Gasteiger partial charge on any atom is -0.465 e. The summed E-state index contributed by atoms with van der Waals surface area (Å²) in [6.45, 7) is 16.7.